The molecule has 1 aliphatic rings. The molecule has 1 aliphatic heterocycles. The van der Waals surface area contributed by atoms with Gasteiger partial charge in [0, 0.05) is 17.8 Å². The van der Waals surface area contributed by atoms with Gasteiger partial charge >= 0.3 is 0 Å². The monoisotopic (exact) mass is 378 g/mol. The number of ether oxygens (including phenoxy) is 1. The lowest BCUT2D eigenvalue weighted by Crippen LogP contribution is -2.06. The Bertz CT molecular complexity index is 968. The summed E-state index contributed by atoms with van der Waals surface area (Å²) in [6.07, 6.45) is 3.74. The number of hydrogen-bond donors (Lipinski definition) is 1. The molecule has 0 radical (unpaired) electrons. The molecule has 0 bridgehead atoms. The molecule has 5 nitrogen and oxygen atoms in total. The van der Waals surface area contributed by atoms with E-state index in [1.54, 1.807) is 12.1 Å². The predicted octanol–water partition coefficient (Wildman–Crippen LogP) is 5.56. The molecule has 0 atom stereocenters. The first kappa shape index (κ1) is 17.5. The molecule has 2 heterocycles. The lowest BCUT2D eigenvalue weighted by molar-refractivity contribution is 0.483. The van der Waals surface area contributed by atoms with Crippen LogP contribution in [0, 0.1) is 6.92 Å². The van der Waals surface area contributed by atoms with Gasteiger partial charge in [-0.3, -0.25) is 4.99 Å². The van der Waals surface area contributed by atoms with Crippen molar-refractivity contribution in [1.29, 1.82) is 0 Å². The van der Waals surface area contributed by atoms with Crippen LogP contribution in [0.25, 0.3) is 0 Å². The number of halogens is 1. The van der Waals surface area contributed by atoms with Crippen LogP contribution in [-0.2, 0) is 0 Å². The number of aliphatic imine (C=N–C) groups is 1. The first-order valence-electron chi connectivity index (χ1n) is 8.86. The Kier molecular flexibility index (Phi) is 5.03. The van der Waals surface area contributed by atoms with E-state index in [0.717, 1.165) is 59.5 Å². The van der Waals surface area contributed by atoms with Gasteiger partial charge in [0.25, 0.3) is 0 Å². The van der Waals surface area contributed by atoms with Crippen molar-refractivity contribution in [2.24, 2.45) is 4.99 Å². The second-order valence-electron chi connectivity index (χ2n) is 6.32. The van der Waals surface area contributed by atoms with Crippen molar-refractivity contribution in [1.82, 2.24) is 9.97 Å². The zero-order valence-electron chi connectivity index (χ0n) is 14.9. The first-order chi connectivity index (χ1) is 13.2. The third-order valence-electron chi connectivity index (χ3n) is 4.25. The molecule has 0 unspecified atom stereocenters. The number of nitrogens with one attached hydrogen (secondary N) is 1. The van der Waals surface area contributed by atoms with Crippen LogP contribution in [0.3, 0.4) is 0 Å². The minimum Gasteiger partial charge on any atom is -0.457 e. The average molecular weight is 379 g/mol. The maximum Gasteiger partial charge on any atom is 0.138 e. The van der Waals surface area contributed by atoms with Gasteiger partial charge in [0.15, 0.2) is 0 Å². The van der Waals surface area contributed by atoms with E-state index in [0.29, 0.717) is 5.02 Å². The summed E-state index contributed by atoms with van der Waals surface area (Å²) in [5.41, 5.74) is 2.85. The molecule has 0 amide bonds. The lowest BCUT2D eigenvalue weighted by atomic mass is 10.1. The van der Waals surface area contributed by atoms with Gasteiger partial charge < -0.3 is 10.1 Å². The predicted molar refractivity (Wildman–Crippen MR) is 109 cm³/mol. The van der Waals surface area contributed by atoms with E-state index in [1.807, 2.05) is 49.5 Å². The minimum absolute atomic E-state index is 0.686. The molecule has 0 saturated heterocycles. The van der Waals surface area contributed by atoms with Crippen LogP contribution in [0.1, 0.15) is 24.2 Å². The van der Waals surface area contributed by atoms with Crippen LogP contribution in [0.2, 0.25) is 5.02 Å². The fourth-order valence-electron chi connectivity index (χ4n) is 2.91. The summed E-state index contributed by atoms with van der Waals surface area (Å²) in [7, 11) is 0. The summed E-state index contributed by atoms with van der Waals surface area (Å²) in [6.45, 7) is 2.78. The smallest absolute Gasteiger partial charge is 0.138 e. The summed E-state index contributed by atoms with van der Waals surface area (Å²) in [5, 5.41) is 4.05. The number of rotatable bonds is 3. The van der Waals surface area contributed by atoms with Gasteiger partial charge in [-0.1, -0.05) is 11.6 Å². The van der Waals surface area contributed by atoms with Crippen LogP contribution in [0.4, 0.5) is 11.5 Å². The van der Waals surface area contributed by atoms with Gasteiger partial charge in [-0.05, 0) is 68.3 Å². The highest BCUT2D eigenvalue weighted by Crippen LogP contribution is 2.27. The van der Waals surface area contributed by atoms with Gasteiger partial charge in [0.2, 0.25) is 0 Å². The first-order valence-corrected chi connectivity index (χ1v) is 9.24. The molecule has 6 heteroatoms. The maximum atomic E-state index is 5.90. The topological polar surface area (TPSA) is 59.4 Å². The fraction of sp³-hybridized carbons (Fsp3) is 0.190. The maximum absolute atomic E-state index is 5.90. The second kappa shape index (κ2) is 7.76. The van der Waals surface area contributed by atoms with Gasteiger partial charge in [-0.15, -0.1) is 0 Å². The van der Waals surface area contributed by atoms with Crippen molar-refractivity contribution >= 4 is 28.8 Å². The van der Waals surface area contributed by atoms with E-state index in [9.17, 15) is 0 Å². The summed E-state index contributed by atoms with van der Waals surface area (Å²) < 4.78 is 5.83. The zero-order valence-corrected chi connectivity index (χ0v) is 15.7. The van der Waals surface area contributed by atoms with Crippen molar-refractivity contribution in [3.8, 4) is 11.5 Å². The molecular weight excluding hydrogens is 360 g/mol. The van der Waals surface area contributed by atoms with Gasteiger partial charge in [0.05, 0.1) is 17.0 Å². The van der Waals surface area contributed by atoms with Crippen molar-refractivity contribution in [3.63, 3.8) is 0 Å². The van der Waals surface area contributed by atoms with Gasteiger partial charge in [0.1, 0.15) is 23.1 Å². The van der Waals surface area contributed by atoms with E-state index in [-0.39, 0.29) is 0 Å². The standard InChI is InChI=1S/C21H19ClN4O/c1-14-24-13-19-20(3-2-12-23-21(19)25-14)26-16-6-10-18(11-7-16)27-17-8-4-15(22)5-9-17/h4-11,13H,2-3,12H2,1H3,(H,23,24,25). The average Bonchev–Trinajstić information content (AvgIpc) is 2.87. The van der Waals surface area contributed by atoms with Crippen LogP contribution in [0.5, 0.6) is 11.5 Å². The molecular formula is C21H19ClN4O. The largest absolute Gasteiger partial charge is 0.457 e. The normalized spacial score (nSPS) is 15.0. The molecule has 136 valence electrons. The van der Waals surface area contributed by atoms with Crippen molar-refractivity contribution in [3.05, 3.63) is 71.1 Å². The van der Waals surface area contributed by atoms with E-state index in [4.69, 9.17) is 21.3 Å². The molecule has 0 spiro atoms. The third kappa shape index (κ3) is 4.26. The zero-order chi connectivity index (χ0) is 18.6. The summed E-state index contributed by atoms with van der Waals surface area (Å²) >= 11 is 5.90. The molecule has 3 aromatic rings. The highest BCUT2D eigenvalue weighted by atomic mass is 35.5. The summed E-state index contributed by atoms with van der Waals surface area (Å²) in [4.78, 5) is 13.7. The molecule has 1 N–H and O–H groups in total. The number of nitrogens with zero attached hydrogens (tertiary/aromatic N) is 3. The number of aryl methyl sites for hydroxylation is 1. The number of anilines is 1. The summed E-state index contributed by atoms with van der Waals surface area (Å²) in [6, 6.07) is 15.0. The Morgan fingerprint density at radius 3 is 2.48 bits per heavy atom. The Morgan fingerprint density at radius 2 is 1.74 bits per heavy atom. The number of benzene rings is 2. The highest BCUT2D eigenvalue weighted by molar-refractivity contribution is 6.30. The lowest BCUT2D eigenvalue weighted by Gasteiger charge is -2.09. The van der Waals surface area contributed by atoms with Gasteiger partial charge in [-0.25, -0.2) is 9.97 Å². The summed E-state index contributed by atoms with van der Waals surface area (Å²) in [5.74, 6) is 3.12. The fourth-order valence-corrected chi connectivity index (χ4v) is 3.04. The molecule has 0 aliphatic carbocycles. The molecule has 1 aromatic heterocycles. The molecule has 0 fully saturated rings. The molecule has 2 aromatic carbocycles. The molecule has 0 saturated carbocycles. The number of hydrogen-bond acceptors (Lipinski definition) is 5. The van der Waals surface area contributed by atoms with Crippen LogP contribution < -0.4 is 10.1 Å². The Hall–Kier alpha value is -2.92. The van der Waals surface area contributed by atoms with Crippen molar-refractivity contribution in [2.75, 3.05) is 11.9 Å². The number of aromatic nitrogens is 2. The van der Waals surface area contributed by atoms with Crippen LogP contribution in [-0.4, -0.2) is 22.2 Å². The molecule has 27 heavy (non-hydrogen) atoms. The van der Waals surface area contributed by atoms with Crippen molar-refractivity contribution in [2.45, 2.75) is 19.8 Å². The van der Waals surface area contributed by atoms with Gasteiger partial charge in [-0.2, -0.15) is 0 Å². The van der Waals surface area contributed by atoms with Crippen LogP contribution >= 0.6 is 11.6 Å². The SMILES string of the molecule is Cc1ncc2c(n1)NCCCC2=Nc1ccc(Oc2ccc(Cl)cc2)cc1. The number of fused-ring (bicyclic) bond motifs is 1. The van der Waals surface area contributed by atoms with E-state index >= 15 is 0 Å². The quantitative estimate of drug-likeness (QED) is 0.648. The Balaban J connectivity index is 1.56. The van der Waals surface area contributed by atoms with Crippen LogP contribution in [0.15, 0.2) is 59.7 Å². The van der Waals surface area contributed by atoms with Crippen molar-refractivity contribution < 1.29 is 4.74 Å². The Morgan fingerprint density at radius 1 is 1.04 bits per heavy atom. The third-order valence-corrected chi connectivity index (χ3v) is 4.51. The minimum atomic E-state index is 0.686. The van der Waals surface area contributed by atoms with E-state index in [1.165, 1.54) is 0 Å². The van der Waals surface area contributed by atoms with E-state index in [2.05, 4.69) is 15.3 Å². The second-order valence-corrected chi connectivity index (χ2v) is 6.75. The Labute approximate surface area is 163 Å². The van der Waals surface area contributed by atoms with E-state index < -0.39 is 0 Å². The molecule has 4 rings (SSSR count). The highest BCUT2D eigenvalue weighted by Gasteiger charge is 2.15.